The van der Waals surface area contributed by atoms with Gasteiger partial charge < -0.3 is 149 Å². The first kappa shape index (κ1) is 76.2. The number of carbonyl (C=O) groups excluding carboxylic acids is 1. The summed E-state index contributed by atoms with van der Waals surface area (Å²) in [5.74, 6) is -0.676. The number of hydrogen-bond acceptors (Lipinski definition) is 31. The minimum atomic E-state index is -1.97. The van der Waals surface area contributed by atoms with Crippen LogP contribution in [0.2, 0.25) is 0 Å². The zero-order valence-electron chi connectivity index (χ0n) is 56.5. The van der Waals surface area contributed by atoms with E-state index in [4.69, 9.17) is 56.8 Å². The summed E-state index contributed by atoms with van der Waals surface area (Å²) in [4.78, 5) is 15.3. The Morgan fingerprint density at radius 1 is 0.454 bits per heavy atom. The van der Waals surface area contributed by atoms with Crippen LogP contribution in [-0.4, -0.2) is 315 Å². The molecule has 558 valence electrons. The van der Waals surface area contributed by atoms with E-state index in [-0.39, 0.29) is 34.0 Å². The number of aliphatic hydroxyl groups is 18. The molecule has 4 saturated carbocycles. The van der Waals surface area contributed by atoms with Crippen LogP contribution in [0, 0.1) is 50.2 Å². The number of aliphatic hydroxyl groups excluding tert-OH is 18. The van der Waals surface area contributed by atoms with Gasteiger partial charge in [-0.3, -0.25) is 4.79 Å². The first-order valence-corrected chi connectivity index (χ1v) is 34.6. The van der Waals surface area contributed by atoms with E-state index < -0.39 is 239 Å². The highest BCUT2D eigenvalue weighted by molar-refractivity contribution is 5.79. The van der Waals surface area contributed by atoms with Gasteiger partial charge in [0, 0.05) is 0 Å². The van der Waals surface area contributed by atoms with Gasteiger partial charge in [0.2, 0.25) is 6.29 Å². The Morgan fingerprint density at radius 3 is 1.59 bits per heavy atom. The smallest absolute Gasteiger partial charge is 0.315 e. The summed E-state index contributed by atoms with van der Waals surface area (Å²) >= 11 is 0. The molecule has 6 heterocycles. The molecule has 0 radical (unpaired) electrons. The normalized spacial score (nSPS) is 54.5. The van der Waals surface area contributed by atoms with Crippen molar-refractivity contribution in [3.63, 3.8) is 0 Å². The first-order valence-electron chi connectivity index (χ1n) is 34.6. The van der Waals surface area contributed by atoms with E-state index >= 15 is 4.79 Å². The van der Waals surface area contributed by atoms with Crippen molar-refractivity contribution in [3.05, 3.63) is 11.6 Å². The summed E-state index contributed by atoms with van der Waals surface area (Å²) < 4.78 is 71.0. The molecule has 0 aromatic carbocycles. The van der Waals surface area contributed by atoms with Gasteiger partial charge in [-0.15, -0.1) is 0 Å². The molecule has 11 aliphatic rings. The molecule has 0 unspecified atom stereocenters. The Kier molecular flexibility index (Phi) is 22.4. The van der Waals surface area contributed by atoms with Crippen molar-refractivity contribution < 1.29 is 154 Å². The second-order valence-corrected chi connectivity index (χ2v) is 31.9. The molecule has 0 aromatic heterocycles. The monoisotopic (exact) mass is 1400 g/mol. The number of fused-ring (bicyclic) bond motifs is 7. The minimum absolute atomic E-state index is 0.0671. The lowest BCUT2D eigenvalue weighted by Crippen LogP contribution is -2.67. The largest absolute Gasteiger partial charge is 0.432 e. The second-order valence-electron chi connectivity index (χ2n) is 31.9. The van der Waals surface area contributed by atoms with Crippen LogP contribution in [0.25, 0.3) is 0 Å². The van der Waals surface area contributed by atoms with Gasteiger partial charge in [0.1, 0.15) is 134 Å². The van der Waals surface area contributed by atoms with Crippen LogP contribution in [0.5, 0.6) is 0 Å². The lowest BCUT2D eigenvalue weighted by Gasteiger charge is -2.71. The Bertz CT molecular complexity index is 2730. The van der Waals surface area contributed by atoms with E-state index in [1.807, 2.05) is 0 Å². The van der Waals surface area contributed by atoms with E-state index in [0.29, 0.717) is 51.4 Å². The topological polar surface area (TPSA) is 492 Å². The molecule has 0 aromatic rings. The summed E-state index contributed by atoms with van der Waals surface area (Å²) in [5, 5.41) is 196. The van der Waals surface area contributed by atoms with Gasteiger partial charge in [0.15, 0.2) is 31.5 Å². The van der Waals surface area contributed by atoms with E-state index in [1.165, 1.54) is 19.4 Å². The number of hydrogen-bond donors (Lipinski definition) is 18. The maximum Gasteiger partial charge on any atom is 0.315 e. The van der Waals surface area contributed by atoms with Gasteiger partial charge in [-0.1, -0.05) is 60.1 Å². The van der Waals surface area contributed by atoms with Crippen LogP contribution < -0.4 is 0 Å². The zero-order chi connectivity index (χ0) is 70.9. The summed E-state index contributed by atoms with van der Waals surface area (Å²) in [6.07, 6.45) is -41.0. The minimum Gasteiger partial charge on any atom is -0.432 e. The molecule has 5 aliphatic carbocycles. The van der Waals surface area contributed by atoms with Crippen LogP contribution in [0.1, 0.15) is 127 Å². The highest BCUT2D eigenvalue weighted by Gasteiger charge is 2.71. The fraction of sp³-hybridized carbons (Fsp3) is 0.955. The van der Waals surface area contributed by atoms with Gasteiger partial charge in [-0.05, 0) is 123 Å². The summed E-state index contributed by atoms with van der Waals surface area (Å²) in [6, 6.07) is 0. The molecule has 0 amide bonds. The molecule has 18 N–H and O–H groups in total. The Labute approximate surface area is 563 Å². The average molecular weight is 1400 g/mol. The molecular weight excluding hydrogens is 1290 g/mol. The molecule has 11 rings (SSSR count). The van der Waals surface area contributed by atoms with Crippen LogP contribution >= 0.6 is 0 Å². The quantitative estimate of drug-likeness (QED) is 0.0395. The van der Waals surface area contributed by atoms with Gasteiger partial charge in [0.25, 0.3) is 0 Å². The third-order valence-corrected chi connectivity index (χ3v) is 25.5. The molecule has 31 nitrogen and oxygen atoms in total. The van der Waals surface area contributed by atoms with Crippen molar-refractivity contribution in [2.75, 3.05) is 26.4 Å². The Morgan fingerprint density at radius 2 is 0.948 bits per heavy atom. The van der Waals surface area contributed by atoms with Crippen molar-refractivity contribution in [1.82, 2.24) is 0 Å². The average Bonchev–Trinajstić information content (AvgIpc) is 0.675. The third-order valence-electron chi connectivity index (χ3n) is 25.5. The van der Waals surface area contributed by atoms with Crippen LogP contribution in [0.3, 0.4) is 0 Å². The zero-order valence-corrected chi connectivity index (χ0v) is 56.5. The van der Waals surface area contributed by atoms with Gasteiger partial charge in [0.05, 0.1) is 50.2 Å². The summed E-state index contributed by atoms with van der Waals surface area (Å²) in [7, 11) is 0. The number of esters is 1. The Hall–Kier alpha value is -1.95. The van der Waals surface area contributed by atoms with Crippen LogP contribution in [0.15, 0.2) is 11.6 Å². The lowest BCUT2D eigenvalue weighted by molar-refractivity contribution is -0.375. The summed E-state index contributed by atoms with van der Waals surface area (Å²) in [6.45, 7) is 15.6. The molecule has 38 atom stereocenters. The van der Waals surface area contributed by atoms with Gasteiger partial charge >= 0.3 is 5.97 Å². The predicted octanol–water partition coefficient (Wildman–Crippen LogP) is -4.33. The number of ether oxygens (including phenoxy) is 12. The molecular formula is C66H108O31. The van der Waals surface area contributed by atoms with Crippen LogP contribution in [-0.2, 0) is 61.6 Å². The van der Waals surface area contributed by atoms with Crippen molar-refractivity contribution in [1.29, 1.82) is 0 Å². The fourth-order valence-electron chi connectivity index (χ4n) is 19.3. The number of rotatable bonds is 16. The van der Waals surface area contributed by atoms with E-state index in [1.54, 1.807) is 0 Å². The SMILES string of the molecule is C[C@@H]1O[C@@H](O[C@@H]2[C@@H](O)[C@H](O)[C@H](OC[C@H]3O[C@@H](O[C@H]4[C@H](O)[C@@H](O)[C@H](O[C@H]5CC[C@]6(C)[C@H]7CC=C8[C@@H]9CC(C)(C)CC[C@]9(C(=O)O[C@@H]9O[C@H](CO)[C@@H](O)[C@H](O[C@@H]%10O[C@H](CO)[C@@H](O)[C@H](O)[C@H]%10O)[C@H]9O)CC[C@@]8(C)[C@]7(C)CC[C@H]6C5(C)C)O[C@@H]4CO)[C@H](O)[C@@H](O)[C@H]3O)O[C@H]2C)[C@@H](O)[C@H](O)[C@H]1O. The molecule has 10 fully saturated rings. The molecule has 6 saturated heterocycles. The highest BCUT2D eigenvalue weighted by Crippen LogP contribution is 2.76. The van der Waals surface area contributed by atoms with Crippen molar-refractivity contribution in [3.8, 4) is 0 Å². The third kappa shape index (κ3) is 13.2. The number of allylic oxidation sites excluding steroid dienone is 2. The maximum atomic E-state index is 15.3. The maximum absolute atomic E-state index is 15.3. The second kappa shape index (κ2) is 28.5. The van der Waals surface area contributed by atoms with E-state index in [9.17, 15) is 91.9 Å². The number of carbonyl (C=O) groups is 1. The molecule has 0 bridgehead atoms. The molecule has 0 spiro atoms. The predicted molar refractivity (Wildman–Crippen MR) is 325 cm³/mol. The van der Waals surface area contributed by atoms with Crippen molar-refractivity contribution in [2.45, 2.75) is 317 Å². The fourth-order valence-corrected chi connectivity index (χ4v) is 19.3. The summed E-state index contributed by atoms with van der Waals surface area (Å²) in [5.41, 5.74) is -1.55. The van der Waals surface area contributed by atoms with E-state index in [2.05, 4.69) is 54.5 Å². The molecule has 6 aliphatic heterocycles. The standard InChI is InChI=1S/C66H108O31/c1-25-36(70)40(74)45(79)55(87-25)94-51-26(2)88-54(48(82)43(51)77)86-24-32-38(72)42(76)47(81)58(92-32)95-52-31(23-69)91-56(49(83)44(52)78)93-35-13-14-63(7)33(62(35,5)6)12-15-65(9)34(63)11-10-27-28-20-61(3,4)16-18-66(28,19-17-64(27,65)8)60(85)97-59-50(84)53(39(73)30(22-68)90-59)96-57-46(80)41(75)37(71)29(21-67)89-57/h10,25-26,28-59,67-84H,11-24H2,1-9H3/t25-,26-,28-,29+,30+,31+,32+,33-,34+,35-,36-,37+,38-,39+,40+,41-,42-,43-,44+,45-,46+,47+,48-,49+,50+,51-,52+,53-,54+,55-,56-,57-,58-,59-,63-,64+,65+,66-/m0/s1. The van der Waals surface area contributed by atoms with Gasteiger partial charge in [-0.2, -0.15) is 0 Å². The molecule has 31 heteroatoms. The van der Waals surface area contributed by atoms with Gasteiger partial charge in [-0.25, -0.2) is 0 Å². The lowest BCUT2D eigenvalue weighted by atomic mass is 9.33. The Balaban J connectivity index is 0.734. The van der Waals surface area contributed by atoms with Crippen molar-refractivity contribution in [2.24, 2.45) is 50.2 Å². The van der Waals surface area contributed by atoms with Crippen molar-refractivity contribution >= 4 is 5.97 Å². The molecule has 97 heavy (non-hydrogen) atoms. The first-order chi connectivity index (χ1) is 45.4. The highest BCUT2D eigenvalue weighted by atomic mass is 16.8. The van der Waals surface area contributed by atoms with E-state index in [0.717, 1.165) is 12.8 Å². The van der Waals surface area contributed by atoms with Crippen LogP contribution in [0.4, 0.5) is 0 Å².